The Hall–Kier alpha value is -3.75. The first-order chi connectivity index (χ1) is 14.8. The van der Waals surface area contributed by atoms with E-state index in [4.69, 9.17) is 27.9 Å². The molecule has 0 spiro atoms. The molecule has 8 nitrogen and oxygen atoms in total. The molecule has 31 heavy (non-hydrogen) atoms. The van der Waals surface area contributed by atoms with Crippen LogP contribution in [-0.4, -0.2) is 23.0 Å². The second kappa shape index (κ2) is 9.84. The van der Waals surface area contributed by atoms with Gasteiger partial charge in [0, 0.05) is 28.3 Å². The quantitative estimate of drug-likeness (QED) is 0.186. The minimum absolute atomic E-state index is 0.135. The summed E-state index contributed by atoms with van der Waals surface area (Å²) in [6.45, 7) is 0. The van der Waals surface area contributed by atoms with E-state index in [9.17, 15) is 19.7 Å². The summed E-state index contributed by atoms with van der Waals surface area (Å²) < 4.78 is 5.40. The van der Waals surface area contributed by atoms with Gasteiger partial charge in [0.1, 0.15) is 5.75 Å². The van der Waals surface area contributed by atoms with Crippen molar-refractivity contribution in [1.82, 2.24) is 5.43 Å². The second-order valence-corrected chi connectivity index (χ2v) is 6.90. The maximum absolute atomic E-state index is 12.4. The number of hydrogen-bond donors (Lipinski definition) is 1. The predicted molar refractivity (Wildman–Crippen MR) is 116 cm³/mol. The Morgan fingerprint density at radius 1 is 1.03 bits per heavy atom. The zero-order chi connectivity index (χ0) is 22.4. The molecule has 0 fully saturated rings. The molecule has 0 heterocycles. The first-order valence-electron chi connectivity index (χ1n) is 8.69. The van der Waals surface area contributed by atoms with Crippen LogP contribution in [0.3, 0.4) is 0 Å². The van der Waals surface area contributed by atoms with Crippen molar-refractivity contribution in [2.45, 2.75) is 0 Å². The van der Waals surface area contributed by atoms with Crippen molar-refractivity contribution in [2.24, 2.45) is 5.10 Å². The smallest absolute Gasteiger partial charge is 0.345 e. The number of rotatable bonds is 6. The molecular weight excluding hydrogens is 445 g/mol. The van der Waals surface area contributed by atoms with Gasteiger partial charge in [-0.05, 0) is 42.5 Å². The highest BCUT2D eigenvalue weighted by Gasteiger charge is 2.14. The van der Waals surface area contributed by atoms with Gasteiger partial charge < -0.3 is 4.74 Å². The van der Waals surface area contributed by atoms with Crippen molar-refractivity contribution in [3.05, 3.63) is 104 Å². The van der Waals surface area contributed by atoms with Gasteiger partial charge in [0.05, 0.1) is 21.7 Å². The lowest BCUT2D eigenvalue weighted by atomic mass is 10.2. The van der Waals surface area contributed by atoms with E-state index in [1.807, 2.05) is 0 Å². The molecular formula is C21H13Cl2N3O5. The van der Waals surface area contributed by atoms with E-state index in [1.165, 1.54) is 54.7 Å². The summed E-state index contributed by atoms with van der Waals surface area (Å²) in [6.07, 6.45) is 1.25. The molecule has 1 N–H and O–H groups in total. The minimum atomic E-state index is -0.669. The number of carbonyl (C=O) groups is 2. The van der Waals surface area contributed by atoms with Crippen LogP contribution in [0.4, 0.5) is 5.69 Å². The van der Waals surface area contributed by atoms with Gasteiger partial charge >= 0.3 is 5.97 Å². The fourth-order valence-corrected chi connectivity index (χ4v) is 2.85. The average molecular weight is 458 g/mol. The fraction of sp³-hybridized carbons (Fsp3) is 0. The number of halogens is 2. The van der Waals surface area contributed by atoms with Gasteiger partial charge in [-0.1, -0.05) is 35.3 Å². The van der Waals surface area contributed by atoms with Crippen LogP contribution in [0.1, 0.15) is 26.3 Å². The summed E-state index contributed by atoms with van der Waals surface area (Å²) in [5.74, 6) is -1.09. The molecule has 0 aliphatic carbocycles. The summed E-state index contributed by atoms with van der Waals surface area (Å²) >= 11 is 12.0. The van der Waals surface area contributed by atoms with E-state index in [-0.39, 0.29) is 27.6 Å². The zero-order valence-corrected chi connectivity index (χ0v) is 17.1. The first kappa shape index (κ1) is 21.9. The molecule has 10 heteroatoms. The number of nitrogens with one attached hydrogen (secondary N) is 1. The number of ether oxygens (including phenoxy) is 1. The van der Waals surface area contributed by atoms with Crippen LogP contribution < -0.4 is 10.2 Å². The van der Waals surface area contributed by atoms with Crippen LogP contribution in [0.2, 0.25) is 10.0 Å². The molecule has 0 saturated carbocycles. The topological polar surface area (TPSA) is 111 Å². The summed E-state index contributed by atoms with van der Waals surface area (Å²) in [7, 11) is 0. The predicted octanol–water partition coefficient (Wildman–Crippen LogP) is 4.88. The number of benzene rings is 3. The Balaban J connectivity index is 1.73. The van der Waals surface area contributed by atoms with E-state index in [0.29, 0.717) is 10.6 Å². The summed E-state index contributed by atoms with van der Waals surface area (Å²) in [4.78, 5) is 34.7. The van der Waals surface area contributed by atoms with Crippen molar-refractivity contribution >= 4 is 47.0 Å². The summed E-state index contributed by atoms with van der Waals surface area (Å²) in [5, 5.41) is 15.1. The SMILES string of the molecule is O=C(N/N=C/c1cc(Cl)ccc1OC(=O)c1ccccc1Cl)c1ccc([N+](=O)[O-])cc1. The van der Waals surface area contributed by atoms with Crippen LogP contribution >= 0.6 is 23.2 Å². The van der Waals surface area contributed by atoms with E-state index in [2.05, 4.69) is 10.5 Å². The third-order valence-corrected chi connectivity index (χ3v) is 4.54. The molecule has 0 radical (unpaired) electrons. The number of hydrogen-bond acceptors (Lipinski definition) is 6. The normalized spacial score (nSPS) is 10.6. The molecule has 0 aliphatic rings. The van der Waals surface area contributed by atoms with Crippen molar-refractivity contribution in [2.75, 3.05) is 0 Å². The number of nitrogens with zero attached hydrogens (tertiary/aromatic N) is 2. The number of hydrazone groups is 1. The van der Waals surface area contributed by atoms with Gasteiger partial charge in [0.25, 0.3) is 11.6 Å². The lowest BCUT2D eigenvalue weighted by Gasteiger charge is -2.09. The van der Waals surface area contributed by atoms with Gasteiger partial charge in [-0.25, -0.2) is 10.2 Å². The Bertz CT molecular complexity index is 1180. The number of non-ortho nitro benzene ring substituents is 1. The Morgan fingerprint density at radius 3 is 2.42 bits per heavy atom. The Kier molecular flexibility index (Phi) is 6.96. The number of carbonyl (C=O) groups excluding carboxylic acids is 2. The third-order valence-electron chi connectivity index (χ3n) is 3.98. The zero-order valence-electron chi connectivity index (χ0n) is 15.6. The fourth-order valence-electron chi connectivity index (χ4n) is 2.45. The van der Waals surface area contributed by atoms with Gasteiger partial charge in [0.15, 0.2) is 0 Å². The highest BCUT2D eigenvalue weighted by atomic mass is 35.5. The lowest BCUT2D eigenvalue weighted by molar-refractivity contribution is -0.384. The molecule has 3 rings (SSSR count). The molecule has 0 aliphatic heterocycles. The lowest BCUT2D eigenvalue weighted by Crippen LogP contribution is -2.17. The van der Waals surface area contributed by atoms with Gasteiger partial charge in [-0.15, -0.1) is 0 Å². The van der Waals surface area contributed by atoms with E-state index >= 15 is 0 Å². The monoisotopic (exact) mass is 457 g/mol. The van der Waals surface area contributed by atoms with Gasteiger partial charge in [-0.3, -0.25) is 14.9 Å². The van der Waals surface area contributed by atoms with Crippen molar-refractivity contribution in [3.63, 3.8) is 0 Å². The van der Waals surface area contributed by atoms with E-state index in [0.717, 1.165) is 0 Å². The average Bonchev–Trinajstić information content (AvgIpc) is 2.75. The molecule has 3 aromatic rings. The second-order valence-electron chi connectivity index (χ2n) is 6.05. The maximum Gasteiger partial charge on any atom is 0.345 e. The summed E-state index contributed by atoms with van der Waals surface area (Å²) in [6, 6.07) is 16.0. The molecule has 0 saturated heterocycles. The van der Waals surface area contributed by atoms with E-state index < -0.39 is 16.8 Å². The van der Waals surface area contributed by atoms with Gasteiger partial charge in [-0.2, -0.15) is 5.10 Å². The van der Waals surface area contributed by atoms with Crippen LogP contribution in [0.15, 0.2) is 71.8 Å². The molecule has 0 aromatic heterocycles. The number of amides is 1. The van der Waals surface area contributed by atoms with Crippen LogP contribution in [0.5, 0.6) is 5.75 Å². The molecule has 3 aromatic carbocycles. The Labute approximate surface area is 186 Å². The third kappa shape index (κ3) is 5.65. The highest BCUT2D eigenvalue weighted by Crippen LogP contribution is 2.24. The van der Waals surface area contributed by atoms with Crippen LogP contribution in [-0.2, 0) is 0 Å². The molecule has 0 atom stereocenters. The highest BCUT2D eigenvalue weighted by molar-refractivity contribution is 6.33. The molecule has 1 amide bonds. The van der Waals surface area contributed by atoms with Gasteiger partial charge in [0.2, 0.25) is 0 Å². The standard InChI is InChI=1S/C21H13Cl2N3O5/c22-15-7-10-19(31-21(28)17-3-1-2-4-18(17)23)14(11-15)12-24-25-20(27)13-5-8-16(9-6-13)26(29)30/h1-12H,(H,25,27)/b24-12+. The number of nitro groups is 1. The van der Waals surface area contributed by atoms with Crippen LogP contribution in [0.25, 0.3) is 0 Å². The summed E-state index contributed by atoms with van der Waals surface area (Å²) in [5.41, 5.74) is 2.86. The van der Waals surface area contributed by atoms with E-state index in [1.54, 1.807) is 18.2 Å². The van der Waals surface area contributed by atoms with Crippen molar-refractivity contribution in [1.29, 1.82) is 0 Å². The molecule has 0 unspecified atom stereocenters. The molecule has 0 bridgehead atoms. The minimum Gasteiger partial charge on any atom is -0.422 e. The Morgan fingerprint density at radius 2 is 1.74 bits per heavy atom. The number of esters is 1. The first-order valence-corrected chi connectivity index (χ1v) is 9.45. The molecule has 156 valence electrons. The number of nitro benzene ring substituents is 1. The largest absolute Gasteiger partial charge is 0.422 e. The van der Waals surface area contributed by atoms with Crippen molar-refractivity contribution < 1.29 is 19.2 Å². The maximum atomic E-state index is 12.4. The van der Waals surface area contributed by atoms with Crippen LogP contribution in [0, 0.1) is 10.1 Å². The van der Waals surface area contributed by atoms with Crippen molar-refractivity contribution in [3.8, 4) is 5.75 Å².